The number of carbonyl (C=O) groups is 1. The lowest BCUT2D eigenvalue weighted by atomic mass is 10.1. The van der Waals surface area contributed by atoms with E-state index < -0.39 is 0 Å². The third-order valence-corrected chi connectivity index (χ3v) is 5.02. The summed E-state index contributed by atoms with van der Waals surface area (Å²) in [5.74, 6) is 0.770. The fraction of sp³-hybridized carbons (Fsp3) is 0.391. The zero-order chi connectivity index (χ0) is 20.5. The number of hydrogen-bond acceptors (Lipinski definition) is 2. The number of rotatable bonds is 8. The fourth-order valence-electron chi connectivity index (χ4n) is 3.43. The van der Waals surface area contributed by atoms with Crippen molar-refractivity contribution < 1.29 is 9.18 Å². The molecule has 0 saturated carbocycles. The van der Waals surface area contributed by atoms with Crippen LogP contribution in [0.4, 0.5) is 4.39 Å². The Labute approximate surface area is 172 Å². The summed E-state index contributed by atoms with van der Waals surface area (Å²) in [6.45, 7) is 5.55. The van der Waals surface area contributed by atoms with Gasteiger partial charge in [0.1, 0.15) is 5.82 Å². The highest BCUT2D eigenvalue weighted by Crippen LogP contribution is 2.17. The van der Waals surface area contributed by atoms with Crippen LogP contribution in [0.5, 0.6) is 0 Å². The molecule has 2 aromatic rings. The summed E-state index contributed by atoms with van der Waals surface area (Å²) in [7, 11) is 0. The molecule has 0 unspecified atom stereocenters. The largest absolute Gasteiger partial charge is 0.357 e. The predicted octanol–water partition coefficient (Wildman–Crippen LogP) is 3.25. The van der Waals surface area contributed by atoms with E-state index in [0.717, 1.165) is 48.6 Å². The van der Waals surface area contributed by atoms with E-state index in [0.29, 0.717) is 26.1 Å². The highest BCUT2D eigenvalue weighted by atomic mass is 19.1. The van der Waals surface area contributed by atoms with Gasteiger partial charge < -0.3 is 15.5 Å². The molecule has 0 radical (unpaired) electrons. The van der Waals surface area contributed by atoms with Crippen molar-refractivity contribution >= 4 is 11.9 Å². The number of nitrogens with zero attached hydrogens (tertiary/aromatic N) is 2. The van der Waals surface area contributed by atoms with Gasteiger partial charge in [0.2, 0.25) is 5.91 Å². The molecule has 1 fully saturated rings. The van der Waals surface area contributed by atoms with Gasteiger partial charge in [-0.1, -0.05) is 36.4 Å². The second-order valence-corrected chi connectivity index (χ2v) is 7.19. The normalized spacial score (nSPS) is 14.3. The maximum absolute atomic E-state index is 13.0. The van der Waals surface area contributed by atoms with Gasteiger partial charge in [0.05, 0.1) is 6.54 Å². The molecule has 0 spiro atoms. The van der Waals surface area contributed by atoms with Crippen LogP contribution < -0.4 is 10.6 Å². The molecule has 1 aliphatic rings. The Morgan fingerprint density at radius 3 is 2.55 bits per heavy atom. The number of amides is 1. The standard InChI is InChI=1S/C23H29FN4O/c1-2-25-23(26-14-13-18-9-11-21(24)12-10-18)27-16-19-6-3-4-7-20(19)17-28-15-5-8-22(28)29/h3-4,6-7,9-12H,2,5,8,13-17H2,1H3,(H2,25,26,27). The summed E-state index contributed by atoms with van der Waals surface area (Å²) in [6.07, 6.45) is 2.39. The van der Waals surface area contributed by atoms with Crippen LogP contribution in [0, 0.1) is 5.82 Å². The number of aliphatic imine (C=N–C) groups is 1. The van der Waals surface area contributed by atoms with Crippen molar-refractivity contribution in [1.29, 1.82) is 0 Å². The first-order chi connectivity index (χ1) is 14.2. The van der Waals surface area contributed by atoms with Gasteiger partial charge in [-0.25, -0.2) is 9.38 Å². The van der Waals surface area contributed by atoms with Crippen molar-refractivity contribution in [2.75, 3.05) is 19.6 Å². The third kappa shape index (κ3) is 6.31. The minimum absolute atomic E-state index is 0.217. The van der Waals surface area contributed by atoms with Crippen molar-refractivity contribution in [3.8, 4) is 0 Å². The molecule has 0 aliphatic carbocycles. The molecule has 1 heterocycles. The first-order valence-corrected chi connectivity index (χ1v) is 10.3. The van der Waals surface area contributed by atoms with Gasteiger partial charge in [-0.15, -0.1) is 0 Å². The van der Waals surface area contributed by atoms with Crippen LogP contribution in [0.3, 0.4) is 0 Å². The Balaban J connectivity index is 1.59. The number of hydrogen-bond donors (Lipinski definition) is 2. The molecule has 3 rings (SSSR count). The van der Waals surface area contributed by atoms with Gasteiger partial charge >= 0.3 is 0 Å². The first-order valence-electron chi connectivity index (χ1n) is 10.3. The number of guanidine groups is 1. The van der Waals surface area contributed by atoms with Crippen LogP contribution >= 0.6 is 0 Å². The van der Waals surface area contributed by atoms with E-state index in [2.05, 4.69) is 22.8 Å². The summed E-state index contributed by atoms with van der Waals surface area (Å²) in [5, 5.41) is 6.60. The molecule has 29 heavy (non-hydrogen) atoms. The van der Waals surface area contributed by atoms with Gasteiger partial charge in [-0.3, -0.25) is 4.79 Å². The van der Waals surface area contributed by atoms with Crippen LogP contribution in [0.25, 0.3) is 0 Å². The Kier molecular flexibility index (Phi) is 7.61. The Hall–Kier alpha value is -2.89. The van der Waals surface area contributed by atoms with E-state index in [1.165, 1.54) is 12.1 Å². The summed E-state index contributed by atoms with van der Waals surface area (Å²) < 4.78 is 13.0. The lowest BCUT2D eigenvalue weighted by molar-refractivity contribution is -0.128. The molecule has 5 nitrogen and oxygen atoms in total. The van der Waals surface area contributed by atoms with E-state index in [1.807, 2.05) is 24.0 Å². The van der Waals surface area contributed by atoms with Gasteiger partial charge in [0.25, 0.3) is 0 Å². The maximum atomic E-state index is 13.0. The van der Waals surface area contributed by atoms with Crippen LogP contribution in [-0.2, 0) is 24.3 Å². The molecule has 1 aliphatic heterocycles. The number of nitrogens with one attached hydrogen (secondary N) is 2. The number of carbonyl (C=O) groups excluding carboxylic acids is 1. The molecule has 1 amide bonds. The number of halogens is 1. The molecule has 1 saturated heterocycles. The predicted molar refractivity (Wildman–Crippen MR) is 114 cm³/mol. The van der Waals surface area contributed by atoms with Gasteiger partial charge in [-0.05, 0) is 48.6 Å². The smallest absolute Gasteiger partial charge is 0.222 e. The molecule has 6 heteroatoms. The van der Waals surface area contributed by atoms with Crippen molar-refractivity contribution in [3.05, 3.63) is 71.0 Å². The molecule has 2 N–H and O–H groups in total. The Morgan fingerprint density at radius 2 is 1.86 bits per heavy atom. The van der Waals surface area contributed by atoms with E-state index in [9.17, 15) is 9.18 Å². The maximum Gasteiger partial charge on any atom is 0.222 e. The summed E-state index contributed by atoms with van der Waals surface area (Å²) in [6, 6.07) is 14.7. The van der Waals surface area contributed by atoms with E-state index in [-0.39, 0.29) is 11.7 Å². The highest BCUT2D eigenvalue weighted by Gasteiger charge is 2.20. The Bertz CT molecular complexity index is 835. The minimum Gasteiger partial charge on any atom is -0.357 e. The lowest BCUT2D eigenvalue weighted by Crippen LogP contribution is -2.38. The number of benzene rings is 2. The third-order valence-electron chi connectivity index (χ3n) is 5.02. The quantitative estimate of drug-likeness (QED) is 0.532. The minimum atomic E-state index is -0.217. The molecule has 2 aromatic carbocycles. The monoisotopic (exact) mass is 396 g/mol. The molecule has 0 aromatic heterocycles. The number of likely N-dealkylation sites (tertiary alicyclic amines) is 1. The van der Waals surface area contributed by atoms with Crippen LogP contribution in [-0.4, -0.2) is 36.4 Å². The van der Waals surface area contributed by atoms with Gasteiger partial charge in [-0.2, -0.15) is 0 Å². The summed E-state index contributed by atoms with van der Waals surface area (Å²) in [4.78, 5) is 18.6. The van der Waals surface area contributed by atoms with Crippen molar-refractivity contribution in [3.63, 3.8) is 0 Å². The second kappa shape index (κ2) is 10.6. The average molecular weight is 397 g/mol. The zero-order valence-electron chi connectivity index (χ0n) is 17.0. The van der Waals surface area contributed by atoms with Crippen LogP contribution in [0.15, 0.2) is 53.5 Å². The summed E-state index contributed by atoms with van der Waals surface area (Å²) in [5.41, 5.74) is 3.35. The SMILES string of the molecule is CCNC(=NCc1ccccc1CN1CCCC1=O)NCCc1ccc(F)cc1. The van der Waals surface area contributed by atoms with Crippen LogP contribution in [0.1, 0.15) is 36.5 Å². The second-order valence-electron chi connectivity index (χ2n) is 7.19. The van der Waals surface area contributed by atoms with E-state index in [1.54, 1.807) is 12.1 Å². The fourth-order valence-corrected chi connectivity index (χ4v) is 3.43. The molecule has 0 bridgehead atoms. The van der Waals surface area contributed by atoms with E-state index >= 15 is 0 Å². The van der Waals surface area contributed by atoms with Crippen molar-refractivity contribution in [1.82, 2.24) is 15.5 Å². The van der Waals surface area contributed by atoms with Crippen LogP contribution in [0.2, 0.25) is 0 Å². The topological polar surface area (TPSA) is 56.7 Å². The van der Waals surface area contributed by atoms with Crippen molar-refractivity contribution in [2.45, 2.75) is 39.3 Å². The zero-order valence-corrected chi connectivity index (χ0v) is 17.0. The van der Waals surface area contributed by atoms with Gasteiger partial charge in [0, 0.05) is 32.6 Å². The summed E-state index contributed by atoms with van der Waals surface area (Å²) >= 11 is 0. The molecule has 0 atom stereocenters. The molecular formula is C23H29FN4O. The van der Waals surface area contributed by atoms with Crippen molar-refractivity contribution in [2.24, 2.45) is 4.99 Å². The van der Waals surface area contributed by atoms with E-state index in [4.69, 9.17) is 4.99 Å². The molecular weight excluding hydrogens is 367 g/mol. The average Bonchev–Trinajstić information content (AvgIpc) is 3.13. The lowest BCUT2D eigenvalue weighted by Gasteiger charge is -2.18. The van der Waals surface area contributed by atoms with Gasteiger partial charge in [0.15, 0.2) is 5.96 Å². The highest BCUT2D eigenvalue weighted by molar-refractivity contribution is 5.80. The first kappa shape index (κ1) is 20.8. The molecule has 154 valence electrons. The Morgan fingerprint density at radius 1 is 1.10 bits per heavy atom.